The molecule has 46 heavy (non-hydrogen) atoms. The number of aliphatic carboxylic acids is 1. The third-order valence-electron chi connectivity index (χ3n) is 7.84. The molecule has 5 aromatic rings. The number of benzene rings is 5. The van der Waals surface area contributed by atoms with E-state index in [0.717, 1.165) is 22.6 Å². The van der Waals surface area contributed by atoms with Gasteiger partial charge in [-0.15, -0.1) is 35.3 Å². The van der Waals surface area contributed by atoms with Gasteiger partial charge < -0.3 is 9.84 Å². The molecule has 0 aliphatic rings. The first-order valence-corrected chi connectivity index (χ1v) is 18.6. The number of carboxylic acids is 1. The monoisotopic (exact) mass is 662 g/mol. The maximum atomic E-state index is 11.0. The maximum absolute atomic E-state index is 11.0. The summed E-state index contributed by atoms with van der Waals surface area (Å²) in [6, 6.07) is 41.3. The van der Waals surface area contributed by atoms with E-state index >= 15 is 0 Å². The van der Waals surface area contributed by atoms with Crippen molar-refractivity contribution < 1.29 is 14.6 Å². The molecule has 5 rings (SSSR count). The van der Waals surface area contributed by atoms with E-state index in [9.17, 15) is 4.79 Å². The number of aryl methyl sites for hydroxylation is 1. The zero-order valence-corrected chi connectivity index (χ0v) is 29.0. The van der Waals surface area contributed by atoms with E-state index in [1.54, 1.807) is 35.3 Å². The van der Waals surface area contributed by atoms with Crippen molar-refractivity contribution >= 4 is 46.8 Å². The first-order chi connectivity index (χ1) is 22.4. The van der Waals surface area contributed by atoms with Gasteiger partial charge in [-0.3, -0.25) is 0 Å². The van der Waals surface area contributed by atoms with Gasteiger partial charge >= 0.3 is 5.97 Å². The number of rotatable bonds is 13. The summed E-state index contributed by atoms with van der Waals surface area (Å²) in [6.45, 7) is 3.84. The number of hydrogen-bond donors (Lipinski definition) is 1. The summed E-state index contributed by atoms with van der Waals surface area (Å²) >= 11 is 5.31. The van der Waals surface area contributed by atoms with E-state index in [1.807, 2.05) is 19.1 Å². The Morgan fingerprint density at radius 3 is 1.67 bits per heavy atom. The third kappa shape index (κ3) is 8.49. The van der Waals surface area contributed by atoms with Gasteiger partial charge in [-0.1, -0.05) is 85.3 Å². The molecule has 0 saturated carbocycles. The number of carboxylic acid groups (broad SMARTS) is 1. The highest BCUT2D eigenvalue weighted by molar-refractivity contribution is 7.99. The van der Waals surface area contributed by atoms with Gasteiger partial charge in [0.05, 0.1) is 0 Å². The minimum absolute atomic E-state index is 0.344. The van der Waals surface area contributed by atoms with Crippen LogP contribution in [0.4, 0.5) is 0 Å². The van der Waals surface area contributed by atoms with E-state index in [0.29, 0.717) is 5.75 Å². The number of carbonyl (C=O) groups is 1. The molecule has 0 amide bonds. The molecular formula is C40H38O3S3. The summed E-state index contributed by atoms with van der Waals surface area (Å²) in [7, 11) is 0. The Kier molecular flexibility index (Phi) is 11.8. The molecule has 0 aliphatic heterocycles. The van der Waals surface area contributed by atoms with Crippen LogP contribution >= 0.6 is 35.3 Å². The summed E-state index contributed by atoms with van der Waals surface area (Å²) in [6.07, 6.45) is 5.13. The van der Waals surface area contributed by atoms with Crippen LogP contribution in [0.2, 0.25) is 0 Å². The molecule has 0 aliphatic carbocycles. The van der Waals surface area contributed by atoms with Crippen LogP contribution in [-0.4, -0.2) is 35.9 Å². The van der Waals surface area contributed by atoms with Gasteiger partial charge in [0, 0.05) is 20.4 Å². The normalized spacial score (nSPS) is 10.9. The molecule has 0 heterocycles. The standard InChI is InChI=1S/C40H38O3S3/c1-5-28(26-46-37-20-21-38(27(2)22-37)43-25-39(41)42)40(31-16-12-29(13-17-31)33-8-6-10-35(23-33)44-3)32-18-14-30(15-19-32)34-9-7-11-36(24-34)45-4/h6-24H,5,25-26H2,1-4H3,(H,41,42). The SMILES string of the molecule is CCC(CSc1ccc(OCC(=O)O)c(C)c1)=C(c1ccc(-c2cccc(SC)c2)cc1)c1ccc(-c2cccc(SC)c2)cc1. The Labute approximate surface area is 285 Å². The van der Waals surface area contributed by atoms with Crippen LogP contribution in [-0.2, 0) is 4.79 Å². The van der Waals surface area contributed by atoms with Crippen LogP contribution in [0, 0.1) is 6.92 Å². The van der Waals surface area contributed by atoms with Gasteiger partial charge in [0.2, 0.25) is 0 Å². The highest BCUT2D eigenvalue weighted by atomic mass is 32.2. The summed E-state index contributed by atoms with van der Waals surface area (Å²) in [5, 5.41) is 8.99. The average molecular weight is 663 g/mol. The van der Waals surface area contributed by atoms with Crippen LogP contribution in [0.15, 0.2) is 136 Å². The van der Waals surface area contributed by atoms with E-state index in [2.05, 4.69) is 123 Å². The van der Waals surface area contributed by atoms with E-state index < -0.39 is 5.97 Å². The van der Waals surface area contributed by atoms with Crippen LogP contribution in [0.3, 0.4) is 0 Å². The van der Waals surface area contributed by atoms with Crippen molar-refractivity contribution in [3.63, 3.8) is 0 Å². The lowest BCUT2D eigenvalue weighted by Gasteiger charge is -2.17. The Morgan fingerprint density at radius 2 is 1.22 bits per heavy atom. The fourth-order valence-corrected chi connectivity index (χ4v) is 7.41. The second kappa shape index (κ2) is 16.1. The van der Waals surface area contributed by atoms with E-state index in [-0.39, 0.29) is 6.61 Å². The molecule has 0 spiro atoms. The number of ether oxygens (including phenoxy) is 1. The molecule has 3 nitrogen and oxygen atoms in total. The molecular weight excluding hydrogens is 625 g/mol. The molecule has 5 aromatic carbocycles. The number of thioether (sulfide) groups is 3. The Bertz CT molecular complexity index is 1730. The minimum Gasteiger partial charge on any atom is -0.482 e. The molecule has 0 bridgehead atoms. The predicted molar refractivity (Wildman–Crippen MR) is 199 cm³/mol. The van der Waals surface area contributed by atoms with E-state index in [4.69, 9.17) is 9.84 Å². The van der Waals surface area contributed by atoms with Crippen LogP contribution < -0.4 is 4.74 Å². The lowest BCUT2D eigenvalue weighted by atomic mass is 9.90. The topological polar surface area (TPSA) is 46.5 Å². The molecule has 234 valence electrons. The Hall–Kier alpha value is -3.84. The molecule has 0 saturated heterocycles. The molecule has 0 radical (unpaired) electrons. The fourth-order valence-electron chi connectivity index (χ4n) is 5.37. The summed E-state index contributed by atoms with van der Waals surface area (Å²) in [5.41, 5.74) is 10.8. The molecule has 1 N–H and O–H groups in total. The Morgan fingerprint density at radius 1 is 0.674 bits per heavy atom. The highest BCUT2D eigenvalue weighted by Gasteiger charge is 2.14. The predicted octanol–water partition coefficient (Wildman–Crippen LogP) is 11.2. The van der Waals surface area contributed by atoms with Gasteiger partial charge in [-0.2, -0.15) is 0 Å². The van der Waals surface area contributed by atoms with Gasteiger partial charge in [-0.05, 0) is 113 Å². The highest BCUT2D eigenvalue weighted by Crippen LogP contribution is 2.36. The molecule has 0 atom stereocenters. The van der Waals surface area contributed by atoms with E-state index in [1.165, 1.54) is 54.3 Å². The maximum Gasteiger partial charge on any atom is 0.341 e. The van der Waals surface area contributed by atoms with Crippen LogP contribution in [0.1, 0.15) is 30.0 Å². The molecule has 0 unspecified atom stereocenters. The first-order valence-electron chi connectivity index (χ1n) is 15.2. The zero-order valence-electron chi connectivity index (χ0n) is 26.6. The van der Waals surface area contributed by atoms with Gasteiger partial charge in [0.1, 0.15) is 5.75 Å². The van der Waals surface area contributed by atoms with Crippen LogP contribution in [0.25, 0.3) is 27.8 Å². The molecule has 6 heteroatoms. The average Bonchev–Trinajstić information content (AvgIpc) is 3.10. The Balaban J connectivity index is 1.49. The molecule has 0 aromatic heterocycles. The summed E-state index contributed by atoms with van der Waals surface area (Å²) in [5.74, 6) is 0.450. The molecule has 0 fully saturated rings. The van der Waals surface area contributed by atoms with Crippen molar-refractivity contribution in [2.24, 2.45) is 0 Å². The van der Waals surface area contributed by atoms with Gasteiger partial charge in [-0.25, -0.2) is 4.79 Å². The smallest absolute Gasteiger partial charge is 0.341 e. The summed E-state index contributed by atoms with van der Waals surface area (Å²) in [4.78, 5) is 14.6. The fraction of sp³-hybridized carbons (Fsp3) is 0.175. The van der Waals surface area contributed by atoms with Crippen molar-refractivity contribution in [2.75, 3.05) is 24.9 Å². The van der Waals surface area contributed by atoms with Crippen LogP contribution in [0.5, 0.6) is 5.75 Å². The second-order valence-corrected chi connectivity index (χ2v) is 13.7. The first kappa shape index (κ1) is 33.5. The van der Waals surface area contributed by atoms with Crippen molar-refractivity contribution in [2.45, 2.75) is 35.0 Å². The van der Waals surface area contributed by atoms with Crippen molar-refractivity contribution in [1.29, 1.82) is 0 Å². The minimum atomic E-state index is -0.980. The third-order valence-corrected chi connectivity index (χ3v) is 10.4. The van der Waals surface area contributed by atoms with Gasteiger partial charge in [0.25, 0.3) is 0 Å². The van der Waals surface area contributed by atoms with Crippen molar-refractivity contribution in [3.8, 4) is 28.0 Å². The summed E-state index contributed by atoms with van der Waals surface area (Å²) < 4.78 is 5.44. The largest absolute Gasteiger partial charge is 0.482 e. The number of hydrogen-bond acceptors (Lipinski definition) is 5. The van der Waals surface area contributed by atoms with Crippen molar-refractivity contribution in [1.82, 2.24) is 0 Å². The second-order valence-electron chi connectivity index (χ2n) is 10.8. The van der Waals surface area contributed by atoms with Gasteiger partial charge in [0.15, 0.2) is 6.61 Å². The zero-order chi connectivity index (χ0) is 32.5. The lowest BCUT2D eigenvalue weighted by molar-refractivity contribution is -0.139. The lowest BCUT2D eigenvalue weighted by Crippen LogP contribution is -2.10. The van der Waals surface area contributed by atoms with Crippen molar-refractivity contribution in [3.05, 3.63) is 138 Å². The quantitative estimate of drug-likeness (QED) is 0.127.